The second kappa shape index (κ2) is 9.46. The molecule has 0 saturated carbocycles. The molecular weight excluding hydrogens is 430 g/mol. The van der Waals surface area contributed by atoms with E-state index < -0.39 is 9.84 Å². The van der Waals surface area contributed by atoms with Crippen LogP contribution >= 0.6 is 11.3 Å². The third kappa shape index (κ3) is 5.31. The Morgan fingerprint density at radius 2 is 1.74 bits per heavy atom. The fourth-order valence-electron chi connectivity index (χ4n) is 3.44. The number of carbonyl (C=O) groups is 1. The number of anilines is 1. The van der Waals surface area contributed by atoms with Crippen molar-refractivity contribution in [3.05, 3.63) is 53.1 Å². The van der Waals surface area contributed by atoms with Crippen molar-refractivity contribution in [3.8, 4) is 0 Å². The van der Waals surface area contributed by atoms with Crippen LogP contribution in [-0.4, -0.2) is 57.1 Å². The summed E-state index contributed by atoms with van der Waals surface area (Å²) < 4.78 is 25.3. The molecule has 3 aromatic rings. The van der Waals surface area contributed by atoms with Crippen LogP contribution in [0, 0.1) is 13.8 Å². The molecule has 0 unspecified atom stereocenters. The molecule has 1 amide bonds. The fraction of sp³-hybridized carbons (Fsp3) is 0.391. The highest BCUT2D eigenvalue weighted by Gasteiger charge is 2.22. The molecule has 0 saturated heterocycles. The van der Waals surface area contributed by atoms with Crippen LogP contribution in [0.1, 0.15) is 34.8 Å². The summed E-state index contributed by atoms with van der Waals surface area (Å²) in [5.41, 5.74) is 3.63. The zero-order valence-corrected chi connectivity index (χ0v) is 20.3. The minimum Gasteiger partial charge on any atom is -0.309 e. The summed E-state index contributed by atoms with van der Waals surface area (Å²) in [7, 11) is 0.702. The smallest absolute Gasteiger partial charge is 0.260 e. The maximum Gasteiger partial charge on any atom is 0.260 e. The molecule has 8 heteroatoms. The largest absolute Gasteiger partial charge is 0.309 e. The minimum atomic E-state index is -3.30. The molecule has 0 atom stereocenters. The number of hydrogen-bond donors (Lipinski definition) is 0. The van der Waals surface area contributed by atoms with Gasteiger partial charge in [-0.15, -0.1) is 0 Å². The summed E-state index contributed by atoms with van der Waals surface area (Å²) in [5.74, 6) is -0.144. The first-order valence-electron chi connectivity index (χ1n) is 10.3. The molecule has 0 bridgehead atoms. The second-order valence-corrected chi connectivity index (χ2v) is 11.2. The van der Waals surface area contributed by atoms with Gasteiger partial charge < -0.3 is 4.90 Å². The normalized spacial score (nSPS) is 11.9. The fourth-order valence-corrected chi connectivity index (χ4v) is 5.36. The van der Waals surface area contributed by atoms with Crippen molar-refractivity contribution in [3.63, 3.8) is 0 Å². The first-order valence-corrected chi connectivity index (χ1v) is 12.8. The average molecular weight is 460 g/mol. The van der Waals surface area contributed by atoms with Gasteiger partial charge in [0.2, 0.25) is 0 Å². The van der Waals surface area contributed by atoms with Crippen molar-refractivity contribution in [1.29, 1.82) is 0 Å². The van der Waals surface area contributed by atoms with Gasteiger partial charge >= 0.3 is 0 Å². The van der Waals surface area contributed by atoms with Crippen LogP contribution in [0.3, 0.4) is 0 Å². The van der Waals surface area contributed by atoms with E-state index in [1.54, 1.807) is 24.0 Å². The standard InChI is InChI=1S/C23H29N3O3S2/c1-6-31(28,29)19-10-8-18(9-11-19)22(27)26(13-7-12-25(4)5)23-24-20-15-16(2)14-17(3)21(20)30-23/h8-11,14-15H,6-7,12-13H2,1-5H3. The number of amides is 1. The summed E-state index contributed by atoms with van der Waals surface area (Å²) in [4.78, 5) is 22.2. The first-order chi connectivity index (χ1) is 14.6. The van der Waals surface area contributed by atoms with Crippen LogP contribution in [-0.2, 0) is 9.84 Å². The lowest BCUT2D eigenvalue weighted by molar-refractivity contribution is 0.0986. The summed E-state index contributed by atoms with van der Waals surface area (Å²) in [6.45, 7) is 7.09. The van der Waals surface area contributed by atoms with Crippen LogP contribution < -0.4 is 4.90 Å². The SMILES string of the molecule is CCS(=O)(=O)c1ccc(C(=O)N(CCCN(C)C)c2nc3cc(C)cc(C)c3s2)cc1. The highest BCUT2D eigenvalue weighted by atomic mass is 32.2. The van der Waals surface area contributed by atoms with Gasteiger partial charge in [0.05, 0.1) is 20.9 Å². The van der Waals surface area contributed by atoms with Crippen molar-refractivity contribution in [2.24, 2.45) is 0 Å². The number of sulfone groups is 1. The van der Waals surface area contributed by atoms with E-state index in [4.69, 9.17) is 4.98 Å². The number of rotatable bonds is 8. The molecule has 0 aliphatic carbocycles. The molecule has 0 aliphatic rings. The topological polar surface area (TPSA) is 70.6 Å². The van der Waals surface area contributed by atoms with E-state index in [2.05, 4.69) is 17.9 Å². The van der Waals surface area contributed by atoms with E-state index in [-0.39, 0.29) is 16.6 Å². The molecule has 3 rings (SSSR count). The Bertz CT molecular complexity index is 1180. The predicted molar refractivity (Wildman–Crippen MR) is 128 cm³/mol. The Morgan fingerprint density at radius 3 is 2.35 bits per heavy atom. The van der Waals surface area contributed by atoms with E-state index in [1.807, 2.05) is 27.1 Å². The predicted octanol–water partition coefficient (Wildman–Crippen LogP) is 4.31. The minimum absolute atomic E-state index is 0.0292. The van der Waals surface area contributed by atoms with Gasteiger partial charge in [-0.2, -0.15) is 0 Å². The molecule has 6 nitrogen and oxygen atoms in total. The van der Waals surface area contributed by atoms with Gasteiger partial charge in [-0.05, 0) is 82.4 Å². The van der Waals surface area contributed by atoms with E-state index in [9.17, 15) is 13.2 Å². The van der Waals surface area contributed by atoms with Crippen LogP contribution in [0.15, 0.2) is 41.3 Å². The number of aromatic nitrogens is 1. The molecule has 166 valence electrons. The molecule has 0 radical (unpaired) electrons. The highest BCUT2D eigenvalue weighted by Crippen LogP contribution is 2.33. The zero-order valence-electron chi connectivity index (χ0n) is 18.7. The second-order valence-electron chi connectivity index (χ2n) is 7.97. The molecule has 31 heavy (non-hydrogen) atoms. The van der Waals surface area contributed by atoms with Gasteiger partial charge in [0.25, 0.3) is 5.91 Å². The average Bonchev–Trinajstić information content (AvgIpc) is 3.14. The summed E-state index contributed by atoms with van der Waals surface area (Å²) in [6, 6.07) is 10.4. The Balaban J connectivity index is 1.97. The van der Waals surface area contributed by atoms with Crippen LogP contribution in [0.2, 0.25) is 0 Å². The Labute approximate surface area is 188 Å². The van der Waals surface area contributed by atoms with E-state index in [0.717, 1.165) is 34.3 Å². The molecular formula is C23H29N3O3S2. The number of nitrogens with zero attached hydrogens (tertiary/aromatic N) is 3. The summed E-state index contributed by atoms with van der Waals surface area (Å²) in [6.07, 6.45) is 0.801. The maximum atomic E-state index is 13.4. The van der Waals surface area contributed by atoms with E-state index in [0.29, 0.717) is 17.2 Å². The molecule has 0 N–H and O–H groups in total. The van der Waals surface area contributed by atoms with Crippen LogP contribution in [0.5, 0.6) is 0 Å². The first kappa shape index (κ1) is 23.4. The van der Waals surface area contributed by atoms with Gasteiger partial charge in [0.15, 0.2) is 15.0 Å². The van der Waals surface area contributed by atoms with Crippen molar-refractivity contribution in [2.45, 2.75) is 32.1 Å². The molecule has 0 fully saturated rings. The monoisotopic (exact) mass is 459 g/mol. The number of aryl methyl sites for hydroxylation is 2. The highest BCUT2D eigenvalue weighted by molar-refractivity contribution is 7.91. The number of thiazole rings is 1. The van der Waals surface area contributed by atoms with Crippen LogP contribution in [0.4, 0.5) is 5.13 Å². The molecule has 0 spiro atoms. The lowest BCUT2D eigenvalue weighted by atomic mass is 10.1. The number of hydrogen-bond acceptors (Lipinski definition) is 6. The number of benzene rings is 2. The Morgan fingerprint density at radius 1 is 1.06 bits per heavy atom. The summed E-state index contributed by atoms with van der Waals surface area (Å²) >= 11 is 1.52. The maximum absolute atomic E-state index is 13.4. The lowest BCUT2D eigenvalue weighted by Gasteiger charge is -2.21. The number of fused-ring (bicyclic) bond motifs is 1. The van der Waals surface area contributed by atoms with Gasteiger partial charge in [-0.3, -0.25) is 9.69 Å². The van der Waals surface area contributed by atoms with Crippen LogP contribution in [0.25, 0.3) is 10.2 Å². The molecule has 1 heterocycles. The van der Waals surface area contributed by atoms with Crippen molar-refractivity contribution in [2.75, 3.05) is 37.8 Å². The van der Waals surface area contributed by atoms with Gasteiger partial charge in [0, 0.05) is 12.1 Å². The Hall–Kier alpha value is -2.29. The molecule has 2 aromatic carbocycles. The third-order valence-corrected chi connectivity index (χ3v) is 8.09. The van der Waals surface area contributed by atoms with Gasteiger partial charge in [-0.1, -0.05) is 24.3 Å². The molecule has 1 aromatic heterocycles. The quantitative estimate of drug-likeness (QED) is 0.502. The van der Waals surface area contributed by atoms with Crippen molar-refractivity contribution < 1.29 is 13.2 Å². The Kier molecular flexibility index (Phi) is 7.13. The van der Waals surface area contributed by atoms with Crippen molar-refractivity contribution in [1.82, 2.24) is 9.88 Å². The summed E-state index contributed by atoms with van der Waals surface area (Å²) in [5, 5.41) is 0.665. The number of carbonyl (C=O) groups excluding carboxylic acids is 1. The van der Waals surface area contributed by atoms with Gasteiger partial charge in [0.1, 0.15) is 0 Å². The third-order valence-electron chi connectivity index (χ3n) is 5.11. The molecule has 0 aliphatic heterocycles. The lowest BCUT2D eigenvalue weighted by Crippen LogP contribution is -2.33. The van der Waals surface area contributed by atoms with Gasteiger partial charge in [-0.25, -0.2) is 13.4 Å². The zero-order chi connectivity index (χ0) is 22.8. The van der Waals surface area contributed by atoms with Crippen molar-refractivity contribution >= 4 is 42.4 Å². The van der Waals surface area contributed by atoms with E-state index >= 15 is 0 Å². The van der Waals surface area contributed by atoms with E-state index in [1.165, 1.54) is 23.5 Å².